The molecule has 0 aliphatic heterocycles. The number of rotatable bonds is 0. The van der Waals surface area contributed by atoms with Gasteiger partial charge in [-0.05, 0) is 12.1 Å². The SMILES string of the molecule is CC(=O)O.CC(=O)O.CC(=O)O.Oc1cccc2cccnc12. The van der Waals surface area contributed by atoms with Gasteiger partial charge in [-0.2, -0.15) is 0 Å². The number of phenols is 1. The molecule has 0 atom stereocenters. The fourth-order valence-electron chi connectivity index (χ4n) is 1.09. The summed E-state index contributed by atoms with van der Waals surface area (Å²) < 4.78 is 0. The number of fused-ring (bicyclic) bond motifs is 1. The lowest BCUT2D eigenvalue weighted by Crippen LogP contribution is -1.78. The van der Waals surface area contributed by atoms with Crippen LogP contribution >= 0.6 is 0 Å². The minimum atomic E-state index is -0.833. The van der Waals surface area contributed by atoms with Crippen LogP contribution in [0.25, 0.3) is 10.9 Å². The van der Waals surface area contributed by atoms with Crippen LogP contribution in [0.15, 0.2) is 36.5 Å². The first-order valence-electron chi connectivity index (χ1n) is 6.19. The van der Waals surface area contributed by atoms with E-state index in [2.05, 4.69) is 4.98 Å². The maximum absolute atomic E-state index is 9.31. The number of aromatic nitrogens is 1. The third kappa shape index (κ3) is 16.8. The van der Waals surface area contributed by atoms with E-state index in [0.717, 1.165) is 26.2 Å². The van der Waals surface area contributed by atoms with Gasteiger partial charge in [-0.3, -0.25) is 19.4 Å². The number of carboxylic acids is 3. The number of carbonyl (C=O) groups is 3. The lowest BCUT2D eigenvalue weighted by molar-refractivity contribution is -0.135. The fourth-order valence-corrected chi connectivity index (χ4v) is 1.09. The molecule has 1 aromatic heterocycles. The molecule has 0 saturated heterocycles. The van der Waals surface area contributed by atoms with E-state index in [4.69, 9.17) is 29.7 Å². The van der Waals surface area contributed by atoms with Crippen molar-refractivity contribution in [2.24, 2.45) is 0 Å². The first-order valence-corrected chi connectivity index (χ1v) is 6.19. The Hall–Kier alpha value is -3.16. The highest BCUT2D eigenvalue weighted by Gasteiger charge is 1.96. The van der Waals surface area contributed by atoms with Crippen LogP contribution in [0.2, 0.25) is 0 Å². The smallest absolute Gasteiger partial charge is 0.300 e. The zero-order chi connectivity index (χ0) is 18.4. The third-order valence-electron chi connectivity index (χ3n) is 1.61. The second-order valence-corrected chi connectivity index (χ2v) is 3.91. The summed E-state index contributed by atoms with van der Waals surface area (Å²) in [6, 6.07) is 9.13. The van der Waals surface area contributed by atoms with Gasteiger partial charge < -0.3 is 20.4 Å². The predicted molar refractivity (Wildman–Crippen MR) is 83.3 cm³/mol. The molecule has 0 saturated carbocycles. The Bertz CT molecular complexity index is 595. The second-order valence-electron chi connectivity index (χ2n) is 3.91. The summed E-state index contributed by atoms with van der Waals surface area (Å²) >= 11 is 0. The molecule has 0 aliphatic carbocycles. The van der Waals surface area contributed by atoms with Crippen LogP contribution in [0.5, 0.6) is 5.75 Å². The van der Waals surface area contributed by atoms with Crippen LogP contribution in [0.3, 0.4) is 0 Å². The molecule has 0 amide bonds. The van der Waals surface area contributed by atoms with Crippen molar-refractivity contribution >= 4 is 28.8 Å². The quantitative estimate of drug-likeness (QED) is 0.577. The molecule has 23 heavy (non-hydrogen) atoms. The lowest BCUT2D eigenvalue weighted by atomic mass is 10.2. The number of nitrogens with zero attached hydrogens (tertiary/aromatic N) is 1. The number of hydrogen-bond acceptors (Lipinski definition) is 5. The molecule has 0 fully saturated rings. The van der Waals surface area contributed by atoms with Crippen molar-refractivity contribution in [3.8, 4) is 5.75 Å². The van der Waals surface area contributed by atoms with Gasteiger partial charge in [0.05, 0.1) is 0 Å². The number of aliphatic carboxylic acids is 3. The summed E-state index contributed by atoms with van der Waals surface area (Å²) in [6.07, 6.45) is 1.67. The highest BCUT2D eigenvalue weighted by atomic mass is 16.4. The van der Waals surface area contributed by atoms with E-state index < -0.39 is 17.9 Å². The van der Waals surface area contributed by atoms with Crippen LogP contribution < -0.4 is 0 Å². The van der Waals surface area contributed by atoms with Crippen LogP contribution in [-0.4, -0.2) is 43.3 Å². The van der Waals surface area contributed by atoms with Gasteiger partial charge in [-0.1, -0.05) is 18.2 Å². The molecule has 0 aliphatic rings. The highest BCUT2D eigenvalue weighted by molar-refractivity contribution is 5.83. The average molecular weight is 325 g/mol. The Morgan fingerprint density at radius 3 is 1.61 bits per heavy atom. The van der Waals surface area contributed by atoms with Crippen molar-refractivity contribution in [3.63, 3.8) is 0 Å². The van der Waals surface area contributed by atoms with Gasteiger partial charge in [-0.25, -0.2) is 0 Å². The minimum absolute atomic E-state index is 0.239. The van der Waals surface area contributed by atoms with Gasteiger partial charge in [0.25, 0.3) is 17.9 Å². The van der Waals surface area contributed by atoms with Crippen molar-refractivity contribution in [1.82, 2.24) is 4.98 Å². The van der Waals surface area contributed by atoms with Gasteiger partial charge in [0.2, 0.25) is 0 Å². The summed E-state index contributed by atoms with van der Waals surface area (Å²) in [6.45, 7) is 3.25. The topological polar surface area (TPSA) is 145 Å². The second kappa shape index (κ2) is 12.6. The van der Waals surface area contributed by atoms with Gasteiger partial charge in [-0.15, -0.1) is 0 Å². The van der Waals surface area contributed by atoms with E-state index in [-0.39, 0.29) is 5.75 Å². The normalized spacial score (nSPS) is 8.13. The van der Waals surface area contributed by atoms with Crippen molar-refractivity contribution in [1.29, 1.82) is 0 Å². The molecular weight excluding hydrogens is 306 g/mol. The van der Waals surface area contributed by atoms with Gasteiger partial charge in [0, 0.05) is 32.4 Å². The van der Waals surface area contributed by atoms with Crippen LogP contribution in [0, 0.1) is 0 Å². The zero-order valence-corrected chi connectivity index (χ0v) is 12.9. The zero-order valence-electron chi connectivity index (χ0n) is 12.9. The van der Waals surface area contributed by atoms with E-state index in [1.54, 1.807) is 18.3 Å². The number of pyridine rings is 1. The van der Waals surface area contributed by atoms with Gasteiger partial charge in [0.1, 0.15) is 11.3 Å². The molecule has 8 heteroatoms. The van der Waals surface area contributed by atoms with Crippen molar-refractivity contribution in [2.45, 2.75) is 20.8 Å². The van der Waals surface area contributed by atoms with E-state index >= 15 is 0 Å². The Balaban J connectivity index is 0. The number of aromatic hydroxyl groups is 1. The summed E-state index contributed by atoms with van der Waals surface area (Å²) in [7, 11) is 0. The Labute approximate surface area is 132 Å². The predicted octanol–water partition coefficient (Wildman–Crippen LogP) is 2.21. The van der Waals surface area contributed by atoms with E-state index in [1.807, 2.05) is 18.2 Å². The van der Waals surface area contributed by atoms with Crippen molar-refractivity contribution in [3.05, 3.63) is 36.5 Å². The molecule has 0 unspecified atom stereocenters. The first kappa shape index (κ1) is 22.1. The van der Waals surface area contributed by atoms with E-state index in [9.17, 15) is 5.11 Å². The fraction of sp³-hybridized carbons (Fsp3) is 0.200. The van der Waals surface area contributed by atoms with Gasteiger partial charge in [0.15, 0.2) is 0 Å². The van der Waals surface area contributed by atoms with E-state index in [0.29, 0.717) is 5.52 Å². The minimum Gasteiger partial charge on any atom is -0.506 e. The Morgan fingerprint density at radius 2 is 1.22 bits per heavy atom. The lowest BCUT2D eigenvalue weighted by Gasteiger charge is -1.96. The Morgan fingerprint density at radius 1 is 0.826 bits per heavy atom. The molecule has 0 radical (unpaired) electrons. The maximum Gasteiger partial charge on any atom is 0.300 e. The molecule has 0 bridgehead atoms. The molecule has 8 nitrogen and oxygen atoms in total. The summed E-state index contributed by atoms with van der Waals surface area (Å²) in [5.74, 6) is -2.26. The van der Waals surface area contributed by atoms with Crippen LogP contribution in [0.4, 0.5) is 0 Å². The summed E-state index contributed by atoms with van der Waals surface area (Å²) in [5.41, 5.74) is 0.662. The highest BCUT2D eigenvalue weighted by Crippen LogP contribution is 2.20. The van der Waals surface area contributed by atoms with E-state index in [1.165, 1.54) is 0 Å². The van der Waals surface area contributed by atoms with Crippen LogP contribution in [-0.2, 0) is 14.4 Å². The van der Waals surface area contributed by atoms with Crippen molar-refractivity contribution in [2.75, 3.05) is 0 Å². The number of phenolic OH excluding ortho intramolecular Hbond substituents is 1. The molecule has 1 heterocycles. The Kier molecular flexibility index (Phi) is 12.1. The molecule has 2 aromatic rings. The standard InChI is InChI=1S/C9H7NO.3C2H4O2/c11-8-5-1-3-7-4-2-6-10-9(7)8;3*1-2(3)4/h1-6,11H;3*1H3,(H,3,4). The largest absolute Gasteiger partial charge is 0.506 e. The van der Waals surface area contributed by atoms with Crippen LogP contribution in [0.1, 0.15) is 20.8 Å². The maximum atomic E-state index is 9.31. The number of para-hydroxylation sites is 1. The first-order chi connectivity index (χ1) is 10.6. The molecule has 2 rings (SSSR count). The van der Waals surface area contributed by atoms with Crippen molar-refractivity contribution < 1.29 is 34.8 Å². The summed E-state index contributed by atoms with van der Waals surface area (Å²) in [5, 5.41) is 32.5. The average Bonchev–Trinajstić information content (AvgIpc) is 2.37. The third-order valence-corrected chi connectivity index (χ3v) is 1.61. The summed E-state index contributed by atoms with van der Waals surface area (Å²) in [4.78, 5) is 31.0. The number of carboxylic acid groups (broad SMARTS) is 3. The molecule has 126 valence electrons. The molecular formula is C15H19NO7. The number of hydrogen-bond donors (Lipinski definition) is 4. The molecule has 0 spiro atoms. The molecule has 4 N–H and O–H groups in total. The molecule has 1 aromatic carbocycles. The monoisotopic (exact) mass is 325 g/mol. The number of benzene rings is 1. The van der Waals surface area contributed by atoms with Gasteiger partial charge >= 0.3 is 0 Å².